The number of hydrogen-bond donors (Lipinski definition) is 0. The Morgan fingerprint density at radius 1 is 0.900 bits per heavy atom. The van der Waals surface area contributed by atoms with Gasteiger partial charge in [-0.3, -0.25) is 4.79 Å². The van der Waals surface area contributed by atoms with Crippen molar-refractivity contribution in [3.8, 4) is 0 Å². The van der Waals surface area contributed by atoms with Crippen LogP contribution in [0.5, 0.6) is 0 Å². The second-order valence-corrected chi connectivity index (χ2v) is 5.75. The number of benzene rings is 2. The van der Waals surface area contributed by atoms with Crippen molar-refractivity contribution >= 4 is 16.1 Å². The van der Waals surface area contributed by atoms with Gasteiger partial charge in [-0.1, -0.05) is 48.5 Å². The van der Waals surface area contributed by atoms with Gasteiger partial charge in [0.15, 0.2) is 0 Å². The van der Waals surface area contributed by atoms with E-state index < -0.39 is 16.1 Å². The fraction of sp³-hybridized carbons (Fsp3) is 0.133. The van der Waals surface area contributed by atoms with Gasteiger partial charge in [0.25, 0.3) is 0 Å². The minimum absolute atomic E-state index is 0.0203. The Labute approximate surface area is 118 Å². The molecule has 0 amide bonds. The van der Waals surface area contributed by atoms with Gasteiger partial charge in [0.05, 0.1) is 6.42 Å². The first-order chi connectivity index (χ1) is 9.58. The molecule has 0 N–H and O–H groups in total. The van der Waals surface area contributed by atoms with Crippen molar-refractivity contribution in [2.75, 3.05) is 0 Å². The van der Waals surface area contributed by atoms with Crippen LogP contribution in [0.4, 0.5) is 0 Å². The molecule has 0 saturated heterocycles. The molecule has 0 aromatic heterocycles. The van der Waals surface area contributed by atoms with E-state index in [9.17, 15) is 13.2 Å². The van der Waals surface area contributed by atoms with Crippen LogP contribution in [0.25, 0.3) is 0 Å². The lowest BCUT2D eigenvalue weighted by molar-refractivity contribution is -0.133. The van der Waals surface area contributed by atoms with Crippen molar-refractivity contribution in [2.45, 2.75) is 17.7 Å². The van der Waals surface area contributed by atoms with Crippen LogP contribution in [-0.4, -0.2) is 14.4 Å². The summed E-state index contributed by atoms with van der Waals surface area (Å²) >= 11 is 0. The van der Waals surface area contributed by atoms with Crippen LogP contribution in [0, 0.1) is 0 Å². The van der Waals surface area contributed by atoms with E-state index in [4.69, 9.17) is 0 Å². The number of rotatable bonds is 5. The molecule has 0 aliphatic carbocycles. The Bertz CT molecular complexity index is 664. The number of carbonyl (C=O) groups is 1. The molecule has 0 unspecified atom stereocenters. The Kier molecular flexibility index (Phi) is 4.53. The van der Waals surface area contributed by atoms with E-state index in [0.717, 1.165) is 5.56 Å². The summed E-state index contributed by atoms with van der Waals surface area (Å²) in [4.78, 5) is 11.6. The molecular weight excluding hydrogens is 276 g/mol. The lowest BCUT2D eigenvalue weighted by Crippen LogP contribution is -2.13. The van der Waals surface area contributed by atoms with Crippen LogP contribution in [-0.2, 0) is 25.5 Å². The first kappa shape index (κ1) is 14.3. The highest BCUT2D eigenvalue weighted by Crippen LogP contribution is 2.13. The third-order valence-electron chi connectivity index (χ3n) is 2.70. The molecule has 0 bridgehead atoms. The van der Waals surface area contributed by atoms with Crippen molar-refractivity contribution in [1.82, 2.24) is 0 Å². The van der Waals surface area contributed by atoms with Crippen molar-refractivity contribution in [3.05, 3.63) is 66.2 Å². The van der Waals surface area contributed by atoms with Crippen LogP contribution < -0.4 is 0 Å². The molecule has 5 heteroatoms. The molecule has 20 heavy (non-hydrogen) atoms. The lowest BCUT2D eigenvalue weighted by atomic mass is 10.1. The van der Waals surface area contributed by atoms with Gasteiger partial charge in [-0.05, 0) is 24.1 Å². The van der Waals surface area contributed by atoms with Gasteiger partial charge < -0.3 is 4.18 Å². The predicted octanol–water partition coefficient (Wildman–Crippen LogP) is 2.55. The van der Waals surface area contributed by atoms with Gasteiger partial charge in [0.1, 0.15) is 4.90 Å². The smallest absolute Gasteiger partial charge is 0.341 e. The van der Waals surface area contributed by atoms with Crippen LogP contribution in [0.15, 0.2) is 65.6 Å². The van der Waals surface area contributed by atoms with Crippen LogP contribution in [0.3, 0.4) is 0 Å². The highest BCUT2D eigenvalue weighted by atomic mass is 32.2. The molecule has 0 aliphatic heterocycles. The summed E-state index contributed by atoms with van der Waals surface area (Å²) in [6, 6.07) is 17.0. The van der Waals surface area contributed by atoms with E-state index in [1.807, 2.05) is 30.3 Å². The van der Waals surface area contributed by atoms with Gasteiger partial charge in [-0.15, -0.1) is 0 Å². The molecule has 0 heterocycles. The first-order valence-corrected chi connectivity index (χ1v) is 7.55. The molecule has 2 aromatic carbocycles. The Hall–Kier alpha value is -2.14. The number of carbonyl (C=O) groups excluding carboxylic acids is 1. The minimum Gasteiger partial charge on any atom is -0.342 e. The van der Waals surface area contributed by atoms with Gasteiger partial charge in [0.2, 0.25) is 0 Å². The van der Waals surface area contributed by atoms with Gasteiger partial charge in [0, 0.05) is 0 Å². The average Bonchev–Trinajstić information content (AvgIpc) is 2.47. The van der Waals surface area contributed by atoms with Gasteiger partial charge in [-0.2, -0.15) is 8.42 Å². The van der Waals surface area contributed by atoms with Crippen LogP contribution in [0.2, 0.25) is 0 Å². The molecule has 104 valence electrons. The van der Waals surface area contributed by atoms with Crippen molar-refractivity contribution in [1.29, 1.82) is 0 Å². The highest BCUT2D eigenvalue weighted by Gasteiger charge is 2.19. The molecule has 0 aliphatic rings. The van der Waals surface area contributed by atoms with Gasteiger partial charge >= 0.3 is 16.1 Å². The Balaban J connectivity index is 1.95. The predicted molar refractivity (Wildman–Crippen MR) is 74.5 cm³/mol. The van der Waals surface area contributed by atoms with Crippen molar-refractivity contribution < 1.29 is 17.4 Å². The molecule has 4 nitrogen and oxygen atoms in total. The summed E-state index contributed by atoms with van der Waals surface area (Å²) in [5.41, 5.74) is 0.960. The zero-order valence-electron chi connectivity index (χ0n) is 10.7. The second kappa shape index (κ2) is 6.34. The molecule has 0 saturated carbocycles. The maximum atomic E-state index is 11.8. The van der Waals surface area contributed by atoms with E-state index in [-0.39, 0.29) is 11.3 Å². The Morgan fingerprint density at radius 3 is 2.05 bits per heavy atom. The maximum Gasteiger partial charge on any atom is 0.341 e. The third-order valence-corrected chi connectivity index (χ3v) is 3.95. The van der Waals surface area contributed by atoms with E-state index in [1.54, 1.807) is 18.2 Å². The summed E-state index contributed by atoms with van der Waals surface area (Å²) in [6.45, 7) is 0. The van der Waals surface area contributed by atoms with E-state index in [0.29, 0.717) is 6.42 Å². The molecular formula is C15H14O4S. The van der Waals surface area contributed by atoms with E-state index in [2.05, 4.69) is 4.18 Å². The SMILES string of the molecule is O=C(CCc1ccccc1)OS(=O)(=O)c1ccccc1. The Morgan fingerprint density at radius 2 is 1.45 bits per heavy atom. The largest absolute Gasteiger partial charge is 0.342 e. The maximum absolute atomic E-state index is 11.8. The molecule has 0 atom stereocenters. The first-order valence-electron chi connectivity index (χ1n) is 6.14. The van der Waals surface area contributed by atoms with E-state index in [1.165, 1.54) is 12.1 Å². The lowest BCUT2D eigenvalue weighted by Gasteiger charge is -2.05. The fourth-order valence-electron chi connectivity index (χ4n) is 1.69. The van der Waals surface area contributed by atoms with Crippen LogP contribution >= 0.6 is 0 Å². The molecule has 0 spiro atoms. The van der Waals surface area contributed by atoms with Crippen LogP contribution in [0.1, 0.15) is 12.0 Å². The summed E-state index contributed by atoms with van der Waals surface area (Å²) in [5.74, 6) is -0.752. The standard InChI is InChI=1S/C15H14O4S/c16-15(12-11-13-7-3-1-4-8-13)19-20(17,18)14-9-5-2-6-10-14/h1-10H,11-12H2. The minimum atomic E-state index is -4.01. The summed E-state index contributed by atoms with van der Waals surface area (Å²) in [6.07, 6.45) is 0.472. The number of aryl methyl sites for hydroxylation is 1. The zero-order chi connectivity index (χ0) is 14.4. The highest BCUT2D eigenvalue weighted by molar-refractivity contribution is 7.87. The zero-order valence-corrected chi connectivity index (χ0v) is 11.5. The second-order valence-electron chi connectivity index (χ2n) is 4.21. The fourth-order valence-corrected chi connectivity index (χ4v) is 2.61. The number of hydrogen-bond acceptors (Lipinski definition) is 4. The third kappa shape index (κ3) is 3.93. The monoisotopic (exact) mass is 290 g/mol. The molecule has 0 radical (unpaired) electrons. The van der Waals surface area contributed by atoms with Gasteiger partial charge in [-0.25, -0.2) is 0 Å². The molecule has 2 rings (SSSR count). The molecule has 0 fully saturated rings. The van der Waals surface area contributed by atoms with Crippen molar-refractivity contribution in [2.24, 2.45) is 0 Å². The average molecular weight is 290 g/mol. The topological polar surface area (TPSA) is 60.4 Å². The van der Waals surface area contributed by atoms with Crippen molar-refractivity contribution in [3.63, 3.8) is 0 Å². The summed E-state index contributed by atoms with van der Waals surface area (Å²) in [5, 5.41) is 0. The summed E-state index contributed by atoms with van der Waals surface area (Å²) in [7, 11) is -4.01. The van der Waals surface area contributed by atoms with E-state index >= 15 is 0 Å². The normalized spacial score (nSPS) is 11.0. The summed E-state index contributed by atoms with van der Waals surface area (Å²) < 4.78 is 28.2. The molecule has 2 aromatic rings. The quantitative estimate of drug-likeness (QED) is 0.794.